The van der Waals surface area contributed by atoms with E-state index in [9.17, 15) is 4.79 Å². The molecule has 0 radical (unpaired) electrons. The Morgan fingerprint density at radius 2 is 1.71 bits per heavy atom. The maximum Gasteiger partial charge on any atom is 0.224 e. The maximum absolute atomic E-state index is 12.5. The lowest BCUT2D eigenvalue weighted by molar-refractivity contribution is -0.130. The van der Waals surface area contributed by atoms with Gasteiger partial charge in [0.25, 0.3) is 0 Å². The lowest BCUT2D eigenvalue weighted by Gasteiger charge is -2.18. The summed E-state index contributed by atoms with van der Waals surface area (Å²) in [5, 5.41) is 8.97. The third-order valence-electron chi connectivity index (χ3n) is 4.48. The molecule has 6 nitrogen and oxygen atoms in total. The zero-order chi connectivity index (χ0) is 18.0. The molecule has 0 unspecified atom stereocenters. The second-order valence-corrected chi connectivity index (χ2v) is 6.97. The highest BCUT2D eigenvalue weighted by molar-refractivity contribution is 9.10. The zero-order valence-electron chi connectivity index (χ0n) is 15.4. The average Bonchev–Trinajstić information content (AvgIpc) is 2.96. The largest absolute Gasteiger partial charge is 0.341 e. The van der Waals surface area contributed by atoms with Gasteiger partial charge < -0.3 is 4.90 Å². The first-order valence-electron chi connectivity index (χ1n) is 8.22. The molecule has 0 aromatic carbocycles. The Kier molecular flexibility index (Phi) is 5.85. The molecule has 24 heavy (non-hydrogen) atoms. The number of amides is 1. The van der Waals surface area contributed by atoms with E-state index in [-0.39, 0.29) is 5.91 Å². The number of aryl methyl sites for hydroxylation is 4. The molecular weight excluding hydrogens is 370 g/mol. The van der Waals surface area contributed by atoms with Gasteiger partial charge in [-0.05, 0) is 50.5 Å². The van der Waals surface area contributed by atoms with E-state index in [4.69, 9.17) is 0 Å². The fourth-order valence-corrected chi connectivity index (χ4v) is 3.17. The molecule has 0 spiro atoms. The summed E-state index contributed by atoms with van der Waals surface area (Å²) < 4.78 is 4.88. The van der Waals surface area contributed by atoms with E-state index in [1.54, 1.807) is 4.90 Å². The summed E-state index contributed by atoms with van der Waals surface area (Å²) >= 11 is 3.52. The highest BCUT2D eigenvalue weighted by atomic mass is 79.9. The van der Waals surface area contributed by atoms with Crippen LogP contribution in [-0.2, 0) is 24.4 Å². The number of carbonyl (C=O) groups excluding carboxylic acids is 1. The minimum absolute atomic E-state index is 0.113. The summed E-state index contributed by atoms with van der Waals surface area (Å²) in [6.45, 7) is 12.1. The third-order valence-corrected chi connectivity index (χ3v) is 5.63. The van der Waals surface area contributed by atoms with Crippen LogP contribution >= 0.6 is 15.9 Å². The minimum Gasteiger partial charge on any atom is -0.341 e. The molecule has 2 aromatic rings. The third kappa shape index (κ3) is 3.71. The van der Waals surface area contributed by atoms with E-state index < -0.39 is 0 Å². The Morgan fingerprint density at radius 3 is 2.21 bits per heavy atom. The SMILES string of the molecule is CCn1nc(C)c(CN(C)C(=O)CCn2nc(C)c(Br)c2C)c1C. The second-order valence-electron chi connectivity index (χ2n) is 6.17. The highest BCUT2D eigenvalue weighted by Crippen LogP contribution is 2.20. The van der Waals surface area contributed by atoms with E-state index >= 15 is 0 Å². The van der Waals surface area contributed by atoms with Crippen molar-refractivity contribution >= 4 is 21.8 Å². The molecule has 132 valence electrons. The molecule has 2 rings (SSSR count). The number of halogens is 1. The first-order valence-corrected chi connectivity index (χ1v) is 9.01. The van der Waals surface area contributed by atoms with Gasteiger partial charge in [-0.3, -0.25) is 14.2 Å². The van der Waals surface area contributed by atoms with Crippen molar-refractivity contribution in [3.63, 3.8) is 0 Å². The second kappa shape index (κ2) is 7.51. The maximum atomic E-state index is 12.5. The van der Waals surface area contributed by atoms with E-state index in [0.717, 1.165) is 39.4 Å². The van der Waals surface area contributed by atoms with Gasteiger partial charge in [-0.1, -0.05) is 0 Å². The van der Waals surface area contributed by atoms with Crippen molar-refractivity contribution in [1.82, 2.24) is 24.5 Å². The molecule has 0 fully saturated rings. The summed E-state index contributed by atoms with van der Waals surface area (Å²) in [5.41, 5.74) is 5.28. The summed E-state index contributed by atoms with van der Waals surface area (Å²) in [4.78, 5) is 14.2. The van der Waals surface area contributed by atoms with Gasteiger partial charge in [0.15, 0.2) is 0 Å². The van der Waals surface area contributed by atoms with Crippen molar-refractivity contribution in [3.8, 4) is 0 Å². The van der Waals surface area contributed by atoms with Crippen molar-refractivity contribution < 1.29 is 4.79 Å². The Labute approximate surface area is 152 Å². The van der Waals surface area contributed by atoms with Crippen molar-refractivity contribution in [1.29, 1.82) is 0 Å². The van der Waals surface area contributed by atoms with Gasteiger partial charge in [0.2, 0.25) is 5.91 Å². The van der Waals surface area contributed by atoms with Gasteiger partial charge in [0.05, 0.1) is 22.4 Å². The van der Waals surface area contributed by atoms with Crippen LogP contribution in [0, 0.1) is 27.7 Å². The van der Waals surface area contributed by atoms with E-state index in [1.807, 2.05) is 37.2 Å². The molecule has 1 amide bonds. The normalized spacial score (nSPS) is 11.1. The summed E-state index contributed by atoms with van der Waals surface area (Å²) in [7, 11) is 1.85. The molecule has 0 N–H and O–H groups in total. The van der Waals surface area contributed by atoms with E-state index in [1.165, 1.54) is 0 Å². The predicted molar refractivity (Wildman–Crippen MR) is 97.9 cm³/mol. The highest BCUT2D eigenvalue weighted by Gasteiger charge is 2.17. The molecule has 0 aliphatic heterocycles. The average molecular weight is 396 g/mol. The van der Waals surface area contributed by atoms with Crippen LogP contribution in [0.1, 0.15) is 41.7 Å². The lowest BCUT2D eigenvalue weighted by atomic mass is 10.2. The number of nitrogens with zero attached hydrogens (tertiary/aromatic N) is 5. The van der Waals surface area contributed by atoms with Gasteiger partial charge in [-0.15, -0.1) is 0 Å². The molecule has 0 saturated carbocycles. The van der Waals surface area contributed by atoms with Gasteiger partial charge in [-0.25, -0.2) is 0 Å². The molecule has 2 aromatic heterocycles. The Bertz CT molecular complexity index is 747. The van der Waals surface area contributed by atoms with Crippen LogP contribution in [0.25, 0.3) is 0 Å². The Hall–Kier alpha value is -1.63. The molecule has 0 atom stereocenters. The number of rotatable bonds is 6. The molecule has 2 heterocycles. The van der Waals surface area contributed by atoms with Crippen molar-refractivity contribution in [2.24, 2.45) is 0 Å². The van der Waals surface area contributed by atoms with Crippen LogP contribution < -0.4 is 0 Å². The number of aromatic nitrogens is 4. The predicted octanol–water partition coefficient (Wildman–Crippen LogP) is 3.14. The van der Waals surface area contributed by atoms with Crippen molar-refractivity contribution in [3.05, 3.63) is 32.8 Å². The van der Waals surface area contributed by atoms with Crippen LogP contribution in [0.4, 0.5) is 0 Å². The molecule has 7 heteroatoms. The molecule has 0 bridgehead atoms. The van der Waals surface area contributed by atoms with Crippen LogP contribution in [0.15, 0.2) is 4.47 Å². The van der Waals surface area contributed by atoms with E-state index in [0.29, 0.717) is 19.5 Å². The van der Waals surface area contributed by atoms with Crippen LogP contribution in [0.5, 0.6) is 0 Å². The van der Waals surface area contributed by atoms with Crippen molar-refractivity contribution in [2.45, 2.75) is 60.7 Å². The summed E-state index contributed by atoms with van der Waals surface area (Å²) in [5.74, 6) is 0.113. The monoisotopic (exact) mass is 395 g/mol. The van der Waals surface area contributed by atoms with Crippen LogP contribution in [-0.4, -0.2) is 37.4 Å². The standard InChI is InChI=1S/C17H26BrN5O/c1-7-22-13(4)15(11(2)19-22)10-21(6)16(24)8-9-23-14(5)17(18)12(3)20-23/h7-10H2,1-6H3. The smallest absolute Gasteiger partial charge is 0.224 e. The minimum atomic E-state index is 0.113. The fraction of sp³-hybridized carbons (Fsp3) is 0.588. The van der Waals surface area contributed by atoms with Crippen LogP contribution in [0.3, 0.4) is 0 Å². The number of hydrogen-bond donors (Lipinski definition) is 0. The molecular formula is C17H26BrN5O. The fourth-order valence-electron chi connectivity index (χ4n) is 2.88. The van der Waals surface area contributed by atoms with Gasteiger partial charge >= 0.3 is 0 Å². The van der Waals surface area contributed by atoms with E-state index in [2.05, 4.69) is 40.0 Å². The number of hydrogen-bond acceptors (Lipinski definition) is 3. The Balaban J connectivity index is 2.00. The van der Waals surface area contributed by atoms with Crippen LogP contribution in [0.2, 0.25) is 0 Å². The molecule has 0 aliphatic rings. The summed E-state index contributed by atoms with van der Waals surface area (Å²) in [6, 6.07) is 0. The van der Waals surface area contributed by atoms with Gasteiger partial charge in [0.1, 0.15) is 0 Å². The Morgan fingerprint density at radius 1 is 1.08 bits per heavy atom. The topological polar surface area (TPSA) is 56.0 Å². The molecule has 0 aliphatic carbocycles. The number of carbonyl (C=O) groups is 1. The van der Waals surface area contributed by atoms with Crippen molar-refractivity contribution in [2.75, 3.05) is 7.05 Å². The molecule has 0 saturated heterocycles. The lowest BCUT2D eigenvalue weighted by Crippen LogP contribution is -2.27. The summed E-state index contributed by atoms with van der Waals surface area (Å²) in [6.07, 6.45) is 0.435. The first-order chi connectivity index (χ1) is 11.3. The quantitative estimate of drug-likeness (QED) is 0.754. The van der Waals surface area contributed by atoms with Gasteiger partial charge in [-0.2, -0.15) is 10.2 Å². The first kappa shape index (κ1) is 18.7. The van der Waals surface area contributed by atoms with Gasteiger partial charge in [0, 0.05) is 43.5 Å². The zero-order valence-corrected chi connectivity index (χ0v) is 16.9.